The van der Waals surface area contributed by atoms with Crippen molar-refractivity contribution in [2.45, 2.75) is 45.7 Å². The molecule has 19 heavy (non-hydrogen) atoms. The number of ether oxygens (including phenoxy) is 1. The summed E-state index contributed by atoms with van der Waals surface area (Å²) in [4.78, 5) is 11.6. The molecule has 1 aromatic heterocycles. The van der Waals surface area contributed by atoms with Crippen molar-refractivity contribution < 1.29 is 9.53 Å². The fraction of sp³-hybridized carbons (Fsp3) is 0.714. The zero-order chi connectivity index (χ0) is 13.8. The molecule has 0 amide bonds. The van der Waals surface area contributed by atoms with Crippen molar-refractivity contribution in [1.29, 1.82) is 0 Å². The van der Waals surface area contributed by atoms with Crippen LogP contribution in [-0.4, -0.2) is 35.4 Å². The Morgan fingerprint density at radius 2 is 2.32 bits per heavy atom. The highest BCUT2D eigenvalue weighted by Crippen LogP contribution is 2.33. The van der Waals surface area contributed by atoms with Gasteiger partial charge in [0.05, 0.1) is 12.8 Å². The van der Waals surface area contributed by atoms with Gasteiger partial charge < -0.3 is 10.1 Å². The third-order valence-electron chi connectivity index (χ3n) is 3.56. The molecule has 2 rings (SSSR count). The summed E-state index contributed by atoms with van der Waals surface area (Å²) in [5.41, 5.74) is 2.24. The highest BCUT2D eigenvalue weighted by molar-refractivity contribution is 5.76. The molecule has 1 N–H and O–H groups in total. The van der Waals surface area contributed by atoms with Crippen molar-refractivity contribution in [2.75, 3.05) is 13.7 Å². The van der Waals surface area contributed by atoms with Gasteiger partial charge in [0.2, 0.25) is 0 Å². The van der Waals surface area contributed by atoms with Gasteiger partial charge in [0.15, 0.2) is 0 Å². The van der Waals surface area contributed by atoms with E-state index in [4.69, 9.17) is 4.74 Å². The Kier molecular flexibility index (Phi) is 4.58. The minimum atomic E-state index is -0.131. The predicted octanol–water partition coefficient (Wildman–Crippen LogP) is 1.43. The maximum absolute atomic E-state index is 11.6. The molecule has 0 aromatic carbocycles. The topological polar surface area (TPSA) is 56.1 Å². The highest BCUT2D eigenvalue weighted by atomic mass is 16.5. The average molecular weight is 265 g/mol. The minimum absolute atomic E-state index is 0.120. The molecule has 5 nitrogen and oxygen atoms in total. The van der Waals surface area contributed by atoms with Crippen LogP contribution >= 0.6 is 0 Å². The molecule has 0 aliphatic heterocycles. The molecule has 1 heterocycles. The van der Waals surface area contributed by atoms with Gasteiger partial charge in [0.25, 0.3) is 0 Å². The number of nitrogens with one attached hydrogen (secondary N) is 1. The Hall–Kier alpha value is -1.36. The van der Waals surface area contributed by atoms with E-state index in [9.17, 15) is 4.79 Å². The molecular formula is C14H23N3O2. The smallest absolute Gasteiger partial charge is 0.323 e. The summed E-state index contributed by atoms with van der Waals surface area (Å²) in [6, 6.07) is 1.96. The normalized spacial score (nSPS) is 16.4. The standard InChI is InChI=1S/C14H23N3O2/c1-10-9-11(2)17(16-10)8-4-7-15-13(12-5-6-12)14(18)19-3/h9,12-13,15H,4-8H2,1-3H3. The molecule has 1 aliphatic carbocycles. The molecule has 0 spiro atoms. The number of hydrogen-bond donors (Lipinski definition) is 1. The molecule has 1 unspecified atom stereocenters. The number of carbonyl (C=O) groups excluding carboxylic acids is 1. The van der Waals surface area contributed by atoms with Crippen LogP contribution in [0.25, 0.3) is 0 Å². The Labute approximate surface area is 114 Å². The van der Waals surface area contributed by atoms with Gasteiger partial charge in [-0.15, -0.1) is 0 Å². The number of esters is 1. The van der Waals surface area contributed by atoms with E-state index in [1.54, 1.807) is 0 Å². The summed E-state index contributed by atoms with van der Waals surface area (Å²) < 4.78 is 6.85. The Morgan fingerprint density at radius 1 is 1.58 bits per heavy atom. The number of aromatic nitrogens is 2. The third kappa shape index (κ3) is 3.80. The first-order valence-electron chi connectivity index (χ1n) is 6.94. The van der Waals surface area contributed by atoms with Crippen molar-refractivity contribution in [3.63, 3.8) is 0 Å². The third-order valence-corrected chi connectivity index (χ3v) is 3.56. The van der Waals surface area contributed by atoms with E-state index in [0.717, 1.165) is 38.0 Å². The van der Waals surface area contributed by atoms with Gasteiger partial charge in [-0.05, 0) is 51.6 Å². The molecule has 1 aromatic rings. The summed E-state index contributed by atoms with van der Waals surface area (Å²) in [7, 11) is 1.45. The van der Waals surface area contributed by atoms with Crippen molar-refractivity contribution in [2.24, 2.45) is 5.92 Å². The quantitative estimate of drug-likeness (QED) is 0.598. The van der Waals surface area contributed by atoms with Crippen LogP contribution in [0.3, 0.4) is 0 Å². The average Bonchev–Trinajstić information content (AvgIpc) is 3.15. The second-order valence-corrected chi connectivity index (χ2v) is 5.30. The van der Waals surface area contributed by atoms with Crippen LogP contribution in [0.2, 0.25) is 0 Å². The number of nitrogens with zero attached hydrogens (tertiary/aromatic N) is 2. The van der Waals surface area contributed by atoms with Crippen molar-refractivity contribution in [3.05, 3.63) is 17.5 Å². The number of aryl methyl sites for hydroxylation is 3. The monoisotopic (exact) mass is 265 g/mol. The first kappa shape index (κ1) is 14.1. The van der Waals surface area contributed by atoms with E-state index < -0.39 is 0 Å². The lowest BCUT2D eigenvalue weighted by Gasteiger charge is -2.15. The largest absolute Gasteiger partial charge is 0.468 e. The molecular weight excluding hydrogens is 242 g/mol. The maximum atomic E-state index is 11.6. The zero-order valence-electron chi connectivity index (χ0n) is 12.0. The van der Waals surface area contributed by atoms with Crippen LogP contribution in [0, 0.1) is 19.8 Å². The van der Waals surface area contributed by atoms with Gasteiger partial charge in [-0.2, -0.15) is 5.10 Å². The lowest BCUT2D eigenvalue weighted by molar-refractivity contribution is -0.143. The number of hydrogen-bond acceptors (Lipinski definition) is 4. The molecule has 0 radical (unpaired) electrons. The first-order valence-corrected chi connectivity index (χ1v) is 6.94. The van der Waals surface area contributed by atoms with E-state index in [2.05, 4.69) is 23.4 Å². The molecule has 1 atom stereocenters. The van der Waals surface area contributed by atoms with Crippen molar-refractivity contribution >= 4 is 5.97 Å². The summed E-state index contributed by atoms with van der Waals surface area (Å²) in [5.74, 6) is 0.342. The fourth-order valence-electron chi connectivity index (χ4n) is 2.39. The van der Waals surface area contributed by atoms with Crippen molar-refractivity contribution in [1.82, 2.24) is 15.1 Å². The van der Waals surface area contributed by atoms with Crippen LogP contribution in [0.15, 0.2) is 6.07 Å². The zero-order valence-corrected chi connectivity index (χ0v) is 12.0. The van der Waals surface area contributed by atoms with E-state index in [-0.39, 0.29) is 12.0 Å². The number of rotatable bonds is 7. The Morgan fingerprint density at radius 3 is 2.84 bits per heavy atom. The van der Waals surface area contributed by atoms with E-state index in [0.29, 0.717) is 5.92 Å². The van der Waals surface area contributed by atoms with Crippen LogP contribution in [-0.2, 0) is 16.1 Å². The minimum Gasteiger partial charge on any atom is -0.468 e. The predicted molar refractivity (Wildman–Crippen MR) is 72.8 cm³/mol. The molecule has 1 aliphatic rings. The number of methoxy groups -OCH3 is 1. The van der Waals surface area contributed by atoms with Gasteiger partial charge in [-0.25, -0.2) is 0 Å². The molecule has 1 saturated carbocycles. The summed E-state index contributed by atoms with van der Waals surface area (Å²) in [6.45, 7) is 5.76. The van der Waals surface area contributed by atoms with Gasteiger partial charge >= 0.3 is 5.97 Å². The molecule has 5 heteroatoms. The highest BCUT2D eigenvalue weighted by Gasteiger charge is 2.36. The molecule has 0 saturated heterocycles. The molecule has 1 fully saturated rings. The van der Waals surface area contributed by atoms with Crippen LogP contribution in [0.4, 0.5) is 0 Å². The Balaban J connectivity index is 1.73. The van der Waals surface area contributed by atoms with Crippen LogP contribution < -0.4 is 5.32 Å². The maximum Gasteiger partial charge on any atom is 0.323 e. The van der Waals surface area contributed by atoms with Gasteiger partial charge in [-0.1, -0.05) is 0 Å². The number of carbonyl (C=O) groups is 1. The van der Waals surface area contributed by atoms with Crippen LogP contribution in [0.5, 0.6) is 0 Å². The lowest BCUT2D eigenvalue weighted by atomic mass is 10.2. The van der Waals surface area contributed by atoms with Gasteiger partial charge in [0, 0.05) is 12.2 Å². The molecule has 106 valence electrons. The molecule has 0 bridgehead atoms. The van der Waals surface area contributed by atoms with Gasteiger partial charge in [0.1, 0.15) is 6.04 Å². The first-order chi connectivity index (χ1) is 9.11. The summed E-state index contributed by atoms with van der Waals surface area (Å²) in [5, 5.41) is 7.74. The summed E-state index contributed by atoms with van der Waals surface area (Å²) >= 11 is 0. The van der Waals surface area contributed by atoms with Crippen LogP contribution in [0.1, 0.15) is 30.7 Å². The van der Waals surface area contributed by atoms with Gasteiger partial charge in [-0.3, -0.25) is 9.48 Å². The second-order valence-electron chi connectivity index (χ2n) is 5.30. The Bertz CT molecular complexity index is 438. The fourth-order valence-corrected chi connectivity index (χ4v) is 2.39. The SMILES string of the molecule is COC(=O)C(NCCCn1nc(C)cc1C)C1CC1. The van der Waals surface area contributed by atoms with E-state index >= 15 is 0 Å². The van der Waals surface area contributed by atoms with Crippen molar-refractivity contribution in [3.8, 4) is 0 Å². The van der Waals surface area contributed by atoms with E-state index in [1.807, 2.05) is 11.6 Å². The second kappa shape index (κ2) is 6.19. The summed E-state index contributed by atoms with van der Waals surface area (Å²) in [6.07, 6.45) is 3.22. The lowest BCUT2D eigenvalue weighted by Crippen LogP contribution is -2.40. The van der Waals surface area contributed by atoms with E-state index in [1.165, 1.54) is 12.8 Å².